The lowest BCUT2D eigenvalue weighted by Crippen LogP contribution is -2.33. The standard InChI is InChI=1S/C14H13ClF4N2O2S/c1-8(5-24-7-20)4-23-12-2-9(10(15)3-11(12)16)13(22)21-6-14(17,18)19/h2-3,8H,4-6H2,1H3,(H,21,22). The van der Waals surface area contributed by atoms with Crippen molar-refractivity contribution in [2.75, 3.05) is 18.9 Å². The van der Waals surface area contributed by atoms with E-state index in [1.807, 2.05) is 5.40 Å². The van der Waals surface area contributed by atoms with Crippen LogP contribution in [0.3, 0.4) is 0 Å². The van der Waals surface area contributed by atoms with Gasteiger partial charge in [0.25, 0.3) is 5.91 Å². The summed E-state index contributed by atoms with van der Waals surface area (Å²) in [5, 5.41) is 11.7. The highest BCUT2D eigenvalue weighted by atomic mass is 35.5. The topological polar surface area (TPSA) is 62.1 Å². The van der Waals surface area contributed by atoms with Gasteiger partial charge in [0.05, 0.1) is 17.2 Å². The maximum Gasteiger partial charge on any atom is 0.405 e. The third-order valence-corrected chi connectivity index (χ3v) is 3.85. The van der Waals surface area contributed by atoms with E-state index in [1.165, 1.54) is 0 Å². The summed E-state index contributed by atoms with van der Waals surface area (Å²) in [5.41, 5.74) is -0.323. The summed E-state index contributed by atoms with van der Waals surface area (Å²) >= 11 is 6.72. The fourth-order valence-corrected chi connectivity index (χ4v) is 2.24. The van der Waals surface area contributed by atoms with Gasteiger partial charge in [-0.3, -0.25) is 4.79 Å². The van der Waals surface area contributed by atoms with Crippen molar-refractivity contribution >= 4 is 29.3 Å². The number of alkyl halides is 3. The highest BCUT2D eigenvalue weighted by Crippen LogP contribution is 2.27. The Bertz CT molecular complexity index is 634. The largest absolute Gasteiger partial charge is 0.490 e. The summed E-state index contributed by atoms with van der Waals surface area (Å²) in [7, 11) is 0. The molecule has 24 heavy (non-hydrogen) atoms. The van der Waals surface area contributed by atoms with Crippen LogP contribution >= 0.6 is 23.4 Å². The van der Waals surface area contributed by atoms with E-state index in [2.05, 4.69) is 0 Å². The predicted octanol–water partition coefficient (Wildman–Crippen LogP) is 4.00. The van der Waals surface area contributed by atoms with Crippen LogP contribution in [0.4, 0.5) is 17.6 Å². The third-order valence-electron chi connectivity index (χ3n) is 2.67. The van der Waals surface area contributed by atoms with Gasteiger partial charge in [0.2, 0.25) is 0 Å². The highest BCUT2D eigenvalue weighted by Gasteiger charge is 2.28. The van der Waals surface area contributed by atoms with Crippen LogP contribution in [0.25, 0.3) is 0 Å². The maximum absolute atomic E-state index is 13.8. The second-order valence-electron chi connectivity index (χ2n) is 4.88. The SMILES string of the molecule is CC(COc1cc(C(=O)NCC(F)(F)F)c(Cl)cc1F)CSC#N. The zero-order valence-electron chi connectivity index (χ0n) is 12.4. The van der Waals surface area contributed by atoms with E-state index < -0.39 is 24.4 Å². The summed E-state index contributed by atoms with van der Waals surface area (Å²) in [4.78, 5) is 11.7. The van der Waals surface area contributed by atoms with Gasteiger partial charge in [-0.15, -0.1) is 0 Å². The quantitative estimate of drug-likeness (QED) is 0.570. The molecule has 0 aliphatic carbocycles. The van der Waals surface area contributed by atoms with Gasteiger partial charge in [0.15, 0.2) is 11.6 Å². The number of amides is 1. The zero-order valence-corrected chi connectivity index (χ0v) is 14.0. The Labute approximate surface area is 145 Å². The molecule has 0 spiro atoms. The molecule has 1 aromatic carbocycles. The van der Waals surface area contributed by atoms with Gasteiger partial charge >= 0.3 is 6.18 Å². The smallest absolute Gasteiger partial charge is 0.405 e. The van der Waals surface area contributed by atoms with Gasteiger partial charge in [-0.2, -0.15) is 18.4 Å². The number of hydrogen-bond acceptors (Lipinski definition) is 4. The Balaban J connectivity index is 2.81. The number of nitrogens with one attached hydrogen (secondary N) is 1. The minimum Gasteiger partial charge on any atom is -0.490 e. The van der Waals surface area contributed by atoms with Gasteiger partial charge < -0.3 is 10.1 Å². The Morgan fingerprint density at radius 1 is 1.50 bits per heavy atom. The molecule has 1 rings (SSSR count). The minimum absolute atomic E-state index is 0.0663. The van der Waals surface area contributed by atoms with Crippen LogP contribution in [0, 0.1) is 22.4 Å². The molecule has 1 amide bonds. The molecule has 1 unspecified atom stereocenters. The zero-order chi connectivity index (χ0) is 18.3. The van der Waals surface area contributed by atoms with Crippen molar-refractivity contribution in [3.63, 3.8) is 0 Å². The molecule has 0 bridgehead atoms. The molecule has 0 aromatic heterocycles. The highest BCUT2D eigenvalue weighted by molar-refractivity contribution is 8.03. The lowest BCUT2D eigenvalue weighted by Gasteiger charge is -2.14. The Morgan fingerprint density at radius 2 is 2.17 bits per heavy atom. The number of halogens is 5. The lowest BCUT2D eigenvalue weighted by molar-refractivity contribution is -0.123. The number of rotatable bonds is 7. The second-order valence-corrected chi connectivity index (χ2v) is 6.09. The molecule has 0 saturated carbocycles. The van der Waals surface area contributed by atoms with Crippen molar-refractivity contribution in [2.45, 2.75) is 13.1 Å². The van der Waals surface area contributed by atoms with Gasteiger partial charge in [0.1, 0.15) is 11.9 Å². The van der Waals surface area contributed by atoms with Crippen LogP contribution in [0.5, 0.6) is 5.75 Å². The molecule has 1 atom stereocenters. The van der Waals surface area contributed by atoms with Gasteiger partial charge in [-0.1, -0.05) is 18.5 Å². The number of thioether (sulfide) groups is 1. The number of ether oxygens (including phenoxy) is 1. The van der Waals surface area contributed by atoms with Gasteiger partial charge in [-0.25, -0.2) is 4.39 Å². The van der Waals surface area contributed by atoms with E-state index in [9.17, 15) is 22.4 Å². The molecule has 0 fully saturated rings. The van der Waals surface area contributed by atoms with E-state index in [0.717, 1.165) is 23.9 Å². The summed E-state index contributed by atoms with van der Waals surface area (Å²) in [5.74, 6) is -1.84. The molecule has 10 heteroatoms. The first kappa shape index (κ1) is 20.4. The fraction of sp³-hybridized carbons (Fsp3) is 0.429. The summed E-state index contributed by atoms with van der Waals surface area (Å²) in [6.07, 6.45) is -4.57. The van der Waals surface area contributed by atoms with Crippen LogP contribution in [0.1, 0.15) is 17.3 Å². The van der Waals surface area contributed by atoms with E-state index in [-0.39, 0.29) is 28.9 Å². The maximum atomic E-state index is 13.8. The number of carbonyl (C=O) groups excluding carboxylic acids is 1. The van der Waals surface area contributed by atoms with Crippen molar-refractivity contribution in [2.24, 2.45) is 5.92 Å². The first-order valence-electron chi connectivity index (χ1n) is 6.61. The van der Waals surface area contributed by atoms with Crippen molar-refractivity contribution in [1.29, 1.82) is 5.26 Å². The Hall–Kier alpha value is -1.66. The summed E-state index contributed by atoms with van der Waals surface area (Å²) < 4.78 is 55.4. The van der Waals surface area contributed by atoms with Crippen LogP contribution < -0.4 is 10.1 Å². The van der Waals surface area contributed by atoms with E-state index >= 15 is 0 Å². The number of nitrogens with zero attached hydrogens (tertiary/aromatic N) is 1. The molecule has 0 saturated heterocycles. The normalized spacial score (nSPS) is 12.4. The van der Waals surface area contributed by atoms with Crippen LogP contribution in [0.2, 0.25) is 5.02 Å². The average molecular weight is 385 g/mol. The van der Waals surface area contributed by atoms with Crippen molar-refractivity contribution in [1.82, 2.24) is 5.32 Å². The monoisotopic (exact) mass is 384 g/mol. The molecule has 132 valence electrons. The Kier molecular flexibility index (Phi) is 7.63. The molecule has 0 heterocycles. The number of hydrogen-bond donors (Lipinski definition) is 1. The number of nitriles is 1. The van der Waals surface area contributed by atoms with Gasteiger partial charge in [0, 0.05) is 11.7 Å². The van der Waals surface area contributed by atoms with Crippen LogP contribution in [0.15, 0.2) is 12.1 Å². The molecule has 1 N–H and O–H groups in total. The van der Waals surface area contributed by atoms with Crippen molar-refractivity contribution in [3.05, 3.63) is 28.5 Å². The first-order chi connectivity index (χ1) is 11.1. The third kappa shape index (κ3) is 6.84. The molecule has 4 nitrogen and oxygen atoms in total. The van der Waals surface area contributed by atoms with Gasteiger partial charge in [-0.05, 0) is 23.9 Å². The van der Waals surface area contributed by atoms with Crippen molar-refractivity contribution < 1.29 is 27.1 Å². The lowest BCUT2D eigenvalue weighted by atomic mass is 10.2. The first-order valence-corrected chi connectivity index (χ1v) is 7.98. The fourth-order valence-electron chi connectivity index (χ4n) is 1.55. The minimum atomic E-state index is -4.57. The molecule has 0 aliphatic rings. The summed E-state index contributed by atoms with van der Waals surface area (Å²) in [6.45, 7) is 0.310. The van der Waals surface area contributed by atoms with E-state index in [0.29, 0.717) is 5.75 Å². The molecular formula is C14H13ClF4N2O2S. The molecular weight excluding hydrogens is 372 g/mol. The predicted molar refractivity (Wildman–Crippen MR) is 82.5 cm³/mol. The van der Waals surface area contributed by atoms with Crippen LogP contribution in [-0.4, -0.2) is 31.0 Å². The van der Waals surface area contributed by atoms with Crippen molar-refractivity contribution in [3.8, 4) is 11.2 Å². The van der Waals surface area contributed by atoms with Crippen LogP contribution in [-0.2, 0) is 0 Å². The molecule has 1 aromatic rings. The number of carbonyl (C=O) groups is 1. The number of benzene rings is 1. The summed E-state index contributed by atoms with van der Waals surface area (Å²) in [6, 6.07) is 1.75. The number of thiocyanates is 1. The van der Waals surface area contributed by atoms with E-state index in [1.54, 1.807) is 12.2 Å². The Morgan fingerprint density at radius 3 is 2.75 bits per heavy atom. The molecule has 0 aliphatic heterocycles. The van der Waals surface area contributed by atoms with E-state index in [4.69, 9.17) is 21.6 Å². The molecule has 0 radical (unpaired) electrons. The average Bonchev–Trinajstić information content (AvgIpc) is 2.49. The second kappa shape index (κ2) is 8.99.